The Balaban J connectivity index is 2.03. The minimum atomic E-state index is -0.232. The van der Waals surface area contributed by atoms with Crippen LogP contribution in [-0.4, -0.2) is 29.1 Å². The summed E-state index contributed by atoms with van der Waals surface area (Å²) in [5.41, 5.74) is 1.15. The predicted molar refractivity (Wildman–Crippen MR) is 123 cm³/mol. The summed E-state index contributed by atoms with van der Waals surface area (Å²) in [4.78, 5) is 17.3. The molecule has 0 aliphatic carbocycles. The summed E-state index contributed by atoms with van der Waals surface area (Å²) >= 11 is 6.94. The number of hydrogen-bond donors (Lipinski definition) is 0. The molecule has 0 amide bonds. The van der Waals surface area contributed by atoms with Crippen LogP contribution in [0, 0.1) is 6.92 Å². The van der Waals surface area contributed by atoms with E-state index in [0.29, 0.717) is 28.2 Å². The van der Waals surface area contributed by atoms with E-state index in [1.165, 1.54) is 4.68 Å². The van der Waals surface area contributed by atoms with Crippen LogP contribution in [0.4, 0.5) is 0 Å². The summed E-state index contributed by atoms with van der Waals surface area (Å²) in [5.74, 6) is 1.75. The average molecular weight is 523 g/mol. The molecule has 0 unspecified atom stereocenters. The molecule has 0 fully saturated rings. The van der Waals surface area contributed by atoms with Crippen molar-refractivity contribution in [2.75, 3.05) is 7.11 Å². The molecule has 29 heavy (non-hydrogen) atoms. The summed E-state index contributed by atoms with van der Waals surface area (Å²) < 4.78 is 14.3. The molecule has 0 spiro atoms. The van der Waals surface area contributed by atoms with Crippen LogP contribution < -0.4 is 15.0 Å². The predicted octanol–water partition coefficient (Wildman–Crippen LogP) is 5.30. The van der Waals surface area contributed by atoms with Crippen molar-refractivity contribution in [1.29, 1.82) is 0 Å². The van der Waals surface area contributed by atoms with Crippen LogP contribution >= 0.6 is 31.9 Å². The zero-order valence-corrected chi connectivity index (χ0v) is 19.7. The van der Waals surface area contributed by atoms with Gasteiger partial charge in [-0.3, -0.25) is 4.79 Å². The Morgan fingerprint density at radius 1 is 1.24 bits per heavy atom. The van der Waals surface area contributed by atoms with Gasteiger partial charge in [-0.05, 0) is 66.5 Å². The molecule has 0 aliphatic rings. The third kappa shape index (κ3) is 4.70. The lowest BCUT2D eigenvalue weighted by Crippen LogP contribution is -2.20. The van der Waals surface area contributed by atoms with Crippen LogP contribution in [0.3, 0.4) is 0 Å². The van der Waals surface area contributed by atoms with E-state index in [2.05, 4.69) is 48.9 Å². The largest absolute Gasteiger partial charge is 0.493 e. The van der Waals surface area contributed by atoms with E-state index in [0.717, 1.165) is 20.9 Å². The van der Waals surface area contributed by atoms with Crippen molar-refractivity contribution in [1.82, 2.24) is 9.66 Å². The van der Waals surface area contributed by atoms with Crippen molar-refractivity contribution in [3.63, 3.8) is 0 Å². The number of ether oxygens (including phenoxy) is 2. The number of hydrogen-bond acceptors (Lipinski definition) is 5. The van der Waals surface area contributed by atoms with Gasteiger partial charge in [-0.15, -0.1) is 0 Å². The minimum Gasteiger partial charge on any atom is -0.493 e. The molecule has 3 aromatic rings. The Bertz CT molecular complexity index is 1140. The standard InChI is InChI=1S/C21H21Br2N3O3/c1-5-12(2)29-20-10-17(23)14(8-19(20)28-4)11-24-26-13(3)25-18-7-6-15(22)9-16(18)21(26)27/h6-12H,5H2,1-4H3/t12-/m0/s1. The third-order valence-electron chi connectivity index (χ3n) is 4.47. The smallest absolute Gasteiger partial charge is 0.282 e. The number of halogens is 2. The minimum absolute atomic E-state index is 0.0690. The maximum atomic E-state index is 12.9. The van der Waals surface area contributed by atoms with Gasteiger partial charge in [-0.2, -0.15) is 9.78 Å². The molecule has 0 saturated carbocycles. The fourth-order valence-electron chi connectivity index (χ4n) is 2.72. The zero-order valence-electron chi connectivity index (χ0n) is 16.6. The van der Waals surface area contributed by atoms with Crippen molar-refractivity contribution in [3.8, 4) is 11.5 Å². The Morgan fingerprint density at radius 2 is 2.00 bits per heavy atom. The number of aromatic nitrogens is 2. The summed E-state index contributed by atoms with van der Waals surface area (Å²) in [6.07, 6.45) is 2.55. The van der Waals surface area contributed by atoms with E-state index < -0.39 is 0 Å². The van der Waals surface area contributed by atoms with Crippen LogP contribution in [0.5, 0.6) is 11.5 Å². The maximum absolute atomic E-state index is 12.9. The van der Waals surface area contributed by atoms with Gasteiger partial charge in [0, 0.05) is 14.5 Å². The molecule has 1 aromatic heterocycles. The highest BCUT2D eigenvalue weighted by Crippen LogP contribution is 2.34. The molecule has 6 nitrogen and oxygen atoms in total. The van der Waals surface area contributed by atoms with Gasteiger partial charge >= 0.3 is 0 Å². The summed E-state index contributed by atoms with van der Waals surface area (Å²) in [7, 11) is 1.59. The number of rotatable bonds is 6. The van der Waals surface area contributed by atoms with E-state index in [1.54, 1.807) is 32.4 Å². The van der Waals surface area contributed by atoms with E-state index in [-0.39, 0.29) is 11.7 Å². The number of benzene rings is 2. The lowest BCUT2D eigenvalue weighted by molar-refractivity contribution is 0.207. The van der Waals surface area contributed by atoms with E-state index in [1.807, 2.05) is 25.1 Å². The topological polar surface area (TPSA) is 65.7 Å². The van der Waals surface area contributed by atoms with Crippen LogP contribution in [0.2, 0.25) is 0 Å². The first-order valence-corrected chi connectivity index (χ1v) is 10.7. The molecule has 0 saturated heterocycles. The fourth-order valence-corrected chi connectivity index (χ4v) is 3.50. The Morgan fingerprint density at radius 3 is 2.69 bits per heavy atom. The fraction of sp³-hybridized carbons (Fsp3) is 0.286. The molecule has 2 aromatic carbocycles. The van der Waals surface area contributed by atoms with Crippen molar-refractivity contribution >= 4 is 49.0 Å². The number of methoxy groups -OCH3 is 1. The lowest BCUT2D eigenvalue weighted by atomic mass is 10.2. The normalized spacial score (nSPS) is 12.5. The van der Waals surface area contributed by atoms with Crippen molar-refractivity contribution in [2.45, 2.75) is 33.3 Å². The second kappa shape index (κ2) is 9.09. The van der Waals surface area contributed by atoms with Crippen LogP contribution in [-0.2, 0) is 0 Å². The van der Waals surface area contributed by atoms with Crippen molar-refractivity contribution in [3.05, 3.63) is 61.0 Å². The van der Waals surface area contributed by atoms with E-state index >= 15 is 0 Å². The molecular weight excluding hydrogens is 502 g/mol. The lowest BCUT2D eigenvalue weighted by Gasteiger charge is -2.16. The monoisotopic (exact) mass is 521 g/mol. The van der Waals surface area contributed by atoms with Crippen molar-refractivity contribution in [2.24, 2.45) is 5.10 Å². The van der Waals surface area contributed by atoms with Gasteiger partial charge in [0.05, 0.1) is 30.3 Å². The maximum Gasteiger partial charge on any atom is 0.282 e. The second-order valence-electron chi connectivity index (χ2n) is 6.54. The average Bonchev–Trinajstić information content (AvgIpc) is 2.69. The zero-order chi connectivity index (χ0) is 21.1. The summed E-state index contributed by atoms with van der Waals surface area (Å²) in [6, 6.07) is 9.07. The first-order chi connectivity index (χ1) is 13.8. The molecular formula is C21H21Br2N3O3. The van der Waals surface area contributed by atoms with Crippen LogP contribution in [0.1, 0.15) is 31.7 Å². The molecule has 152 valence electrons. The highest BCUT2D eigenvalue weighted by atomic mass is 79.9. The number of nitrogens with zero attached hydrogens (tertiary/aromatic N) is 3. The molecule has 0 aliphatic heterocycles. The highest BCUT2D eigenvalue weighted by Gasteiger charge is 2.13. The van der Waals surface area contributed by atoms with Gasteiger partial charge in [-0.25, -0.2) is 4.98 Å². The summed E-state index contributed by atoms with van der Waals surface area (Å²) in [6.45, 7) is 5.81. The molecule has 8 heteroatoms. The van der Waals surface area contributed by atoms with Gasteiger partial charge in [0.25, 0.3) is 5.56 Å². The Kier molecular flexibility index (Phi) is 6.74. The van der Waals surface area contributed by atoms with Crippen LogP contribution in [0.25, 0.3) is 10.9 Å². The highest BCUT2D eigenvalue weighted by molar-refractivity contribution is 9.10. The van der Waals surface area contributed by atoms with Gasteiger partial charge in [0.15, 0.2) is 11.5 Å². The first-order valence-electron chi connectivity index (χ1n) is 9.11. The first kappa shape index (κ1) is 21.5. The van der Waals surface area contributed by atoms with Gasteiger partial charge in [0.1, 0.15) is 5.82 Å². The third-order valence-corrected chi connectivity index (χ3v) is 5.65. The molecule has 1 heterocycles. The molecule has 1 atom stereocenters. The Labute approximate surface area is 185 Å². The van der Waals surface area contributed by atoms with Crippen molar-refractivity contribution < 1.29 is 9.47 Å². The quantitative estimate of drug-likeness (QED) is 0.412. The number of aryl methyl sites for hydroxylation is 1. The van der Waals surface area contributed by atoms with Crippen LogP contribution in [0.15, 0.2) is 49.2 Å². The van der Waals surface area contributed by atoms with Gasteiger partial charge < -0.3 is 9.47 Å². The molecule has 3 rings (SSSR count). The molecule has 0 radical (unpaired) electrons. The summed E-state index contributed by atoms with van der Waals surface area (Å²) in [5, 5.41) is 4.87. The van der Waals surface area contributed by atoms with E-state index in [4.69, 9.17) is 9.47 Å². The Hall–Kier alpha value is -2.19. The molecule has 0 N–H and O–H groups in total. The SMILES string of the molecule is CC[C@H](C)Oc1cc(Br)c(C=Nn2c(C)nc3ccc(Br)cc3c2=O)cc1OC. The van der Waals surface area contributed by atoms with E-state index in [9.17, 15) is 4.79 Å². The van der Waals surface area contributed by atoms with Gasteiger partial charge in [-0.1, -0.05) is 22.9 Å². The van der Waals surface area contributed by atoms with Gasteiger partial charge in [0.2, 0.25) is 0 Å². The number of fused-ring (bicyclic) bond motifs is 1. The second-order valence-corrected chi connectivity index (χ2v) is 8.31. The molecule has 0 bridgehead atoms.